The summed E-state index contributed by atoms with van der Waals surface area (Å²) in [4.78, 5) is -0.585. The Morgan fingerprint density at radius 1 is 1.20 bits per heavy atom. The first-order chi connectivity index (χ1) is 9.20. The lowest BCUT2D eigenvalue weighted by Gasteiger charge is -2.22. The van der Waals surface area contributed by atoms with Crippen LogP contribution in [0.4, 0.5) is 0 Å². The highest BCUT2D eigenvalue weighted by atomic mass is 32.2. The zero-order valence-corrected chi connectivity index (χ0v) is 13.0. The predicted octanol–water partition coefficient (Wildman–Crippen LogP) is 2.48. The van der Waals surface area contributed by atoms with Gasteiger partial charge in [0.25, 0.3) is 10.1 Å². The lowest BCUT2D eigenvalue weighted by molar-refractivity contribution is 0.342. The number of phenols is 1. The molecule has 0 fully saturated rings. The van der Waals surface area contributed by atoms with E-state index in [1.165, 1.54) is 21.1 Å². The zero-order chi connectivity index (χ0) is 15.7. The second-order valence-corrected chi connectivity index (χ2v) is 5.93. The van der Waals surface area contributed by atoms with E-state index >= 15 is 0 Å². The van der Waals surface area contributed by atoms with Crippen molar-refractivity contribution in [1.82, 2.24) is 0 Å². The van der Waals surface area contributed by atoms with Crippen molar-refractivity contribution in [2.45, 2.75) is 38.0 Å². The molecule has 0 aliphatic carbocycles. The minimum Gasteiger partial charge on any atom is -0.503 e. The fourth-order valence-corrected chi connectivity index (χ4v) is 3.07. The van der Waals surface area contributed by atoms with Crippen LogP contribution in [0.1, 0.15) is 37.3 Å². The van der Waals surface area contributed by atoms with Crippen LogP contribution in [0.2, 0.25) is 0 Å². The molecule has 0 aliphatic rings. The van der Waals surface area contributed by atoms with Gasteiger partial charge in [-0.25, -0.2) is 0 Å². The molecule has 0 bridgehead atoms. The smallest absolute Gasteiger partial charge is 0.298 e. The van der Waals surface area contributed by atoms with Crippen LogP contribution in [0, 0.1) is 6.92 Å². The van der Waals surface area contributed by atoms with Gasteiger partial charge >= 0.3 is 0 Å². The van der Waals surface area contributed by atoms with E-state index in [4.69, 9.17) is 9.47 Å². The molecule has 0 saturated carbocycles. The Labute approximate surface area is 119 Å². The molecule has 2 N–H and O–H groups in total. The molecule has 0 amide bonds. The van der Waals surface area contributed by atoms with E-state index in [1.54, 1.807) is 0 Å². The van der Waals surface area contributed by atoms with Crippen LogP contribution in [-0.2, 0) is 10.1 Å². The minimum absolute atomic E-state index is 0.00873. The molecule has 1 aromatic rings. The second kappa shape index (κ2) is 5.88. The first-order valence-electron chi connectivity index (χ1n) is 6.15. The van der Waals surface area contributed by atoms with Crippen LogP contribution >= 0.6 is 0 Å². The minimum atomic E-state index is -4.59. The summed E-state index contributed by atoms with van der Waals surface area (Å²) in [6, 6.07) is 0. The van der Waals surface area contributed by atoms with Crippen LogP contribution in [-0.4, -0.2) is 32.3 Å². The lowest BCUT2D eigenvalue weighted by atomic mass is 9.94. The van der Waals surface area contributed by atoms with Crippen LogP contribution in [0.5, 0.6) is 17.2 Å². The average Bonchev–Trinajstić information content (AvgIpc) is 2.35. The molecule has 0 spiro atoms. The summed E-state index contributed by atoms with van der Waals surface area (Å²) >= 11 is 0. The summed E-state index contributed by atoms with van der Waals surface area (Å²) in [6.45, 7) is 5.33. The molecule has 0 aliphatic heterocycles. The monoisotopic (exact) mass is 304 g/mol. The third-order valence-electron chi connectivity index (χ3n) is 3.37. The van der Waals surface area contributed by atoms with Gasteiger partial charge in [-0.1, -0.05) is 13.8 Å². The maximum Gasteiger partial charge on any atom is 0.298 e. The summed E-state index contributed by atoms with van der Waals surface area (Å²) in [5.41, 5.74) is 0.739. The molecule has 114 valence electrons. The number of benzene rings is 1. The highest BCUT2D eigenvalue weighted by Gasteiger charge is 2.31. The van der Waals surface area contributed by atoms with Gasteiger partial charge < -0.3 is 14.6 Å². The fraction of sp³-hybridized carbons (Fsp3) is 0.538. The van der Waals surface area contributed by atoms with Crippen molar-refractivity contribution in [3.8, 4) is 17.2 Å². The Morgan fingerprint density at radius 2 is 1.70 bits per heavy atom. The van der Waals surface area contributed by atoms with E-state index in [9.17, 15) is 18.1 Å². The maximum atomic E-state index is 11.4. The third-order valence-corrected chi connectivity index (χ3v) is 4.39. The van der Waals surface area contributed by atoms with Gasteiger partial charge in [-0.15, -0.1) is 0 Å². The van der Waals surface area contributed by atoms with Gasteiger partial charge in [0.15, 0.2) is 11.5 Å². The van der Waals surface area contributed by atoms with Crippen molar-refractivity contribution in [2.75, 3.05) is 14.2 Å². The number of aromatic hydroxyl groups is 1. The van der Waals surface area contributed by atoms with Gasteiger partial charge in [0, 0.05) is 11.1 Å². The Bertz CT molecular complexity index is 575. The summed E-state index contributed by atoms with van der Waals surface area (Å²) < 4.78 is 42.6. The molecule has 0 radical (unpaired) electrons. The van der Waals surface area contributed by atoms with E-state index in [0.29, 0.717) is 11.3 Å². The normalized spacial score (nSPS) is 13.1. The fourth-order valence-electron chi connectivity index (χ4n) is 2.25. The summed E-state index contributed by atoms with van der Waals surface area (Å²) in [6.07, 6.45) is 0.747. The van der Waals surface area contributed by atoms with Crippen molar-refractivity contribution >= 4 is 10.1 Å². The first-order valence-corrected chi connectivity index (χ1v) is 7.59. The van der Waals surface area contributed by atoms with Crippen molar-refractivity contribution in [3.63, 3.8) is 0 Å². The standard InChI is InChI=1S/C13H20O6S/c1-6-7(2)9-11(18-4)8(3)13(20(15,16)17)10(14)12(9)19-5/h7,14H,6H2,1-5H3,(H,15,16,17). The zero-order valence-electron chi connectivity index (χ0n) is 12.2. The molecular formula is C13H20O6S. The van der Waals surface area contributed by atoms with E-state index in [1.807, 2.05) is 13.8 Å². The predicted molar refractivity (Wildman–Crippen MR) is 74.5 cm³/mol. The first kappa shape index (κ1) is 16.6. The number of hydrogen-bond acceptors (Lipinski definition) is 5. The van der Waals surface area contributed by atoms with Gasteiger partial charge in [-0.05, 0) is 19.3 Å². The largest absolute Gasteiger partial charge is 0.503 e. The maximum absolute atomic E-state index is 11.4. The summed E-state index contributed by atoms with van der Waals surface area (Å²) in [5.74, 6) is -0.306. The molecule has 1 unspecified atom stereocenters. The molecule has 1 atom stereocenters. The van der Waals surface area contributed by atoms with Gasteiger partial charge in [-0.2, -0.15) is 8.42 Å². The molecule has 7 heteroatoms. The number of hydrogen-bond donors (Lipinski definition) is 2. The van der Waals surface area contributed by atoms with E-state index in [-0.39, 0.29) is 17.2 Å². The SMILES string of the molecule is CCC(C)c1c(OC)c(C)c(S(=O)(=O)O)c(O)c1OC. The summed E-state index contributed by atoms with van der Waals surface area (Å²) in [5, 5.41) is 10.1. The quantitative estimate of drug-likeness (QED) is 0.812. The third kappa shape index (κ3) is 2.69. The van der Waals surface area contributed by atoms with Gasteiger partial charge in [0.05, 0.1) is 14.2 Å². The molecule has 1 rings (SSSR count). The van der Waals surface area contributed by atoms with Crippen LogP contribution in [0.25, 0.3) is 0 Å². The number of ether oxygens (including phenoxy) is 2. The Kier molecular flexibility index (Phi) is 4.88. The van der Waals surface area contributed by atoms with E-state index in [2.05, 4.69) is 0 Å². The summed E-state index contributed by atoms with van der Waals surface area (Å²) in [7, 11) is -1.86. The second-order valence-electron chi connectivity index (χ2n) is 4.57. The van der Waals surface area contributed by atoms with Gasteiger partial charge in [-0.3, -0.25) is 4.55 Å². The van der Waals surface area contributed by atoms with Crippen LogP contribution in [0.15, 0.2) is 4.90 Å². The topological polar surface area (TPSA) is 93.1 Å². The lowest BCUT2D eigenvalue weighted by Crippen LogP contribution is -2.09. The highest BCUT2D eigenvalue weighted by molar-refractivity contribution is 7.86. The average molecular weight is 304 g/mol. The number of phenolic OH excluding ortho intramolecular Hbond substituents is 1. The van der Waals surface area contributed by atoms with Crippen molar-refractivity contribution in [1.29, 1.82) is 0 Å². The number of rotatable bonds is 5. The van der Waals surface area contributed by atoms with Crippen molar-refractivity contribution in [3.05, 3.63) is 11.1 Å². The Balaban J connectivity index is 3.91. The molecule has 0 aromatic heterocycles. The van der Waals surface area contributed by atoms with Crippen molar-refractivity contribution < 1.29 is 27.6 Å². The molecular weight excluding hydrogens is 284 g/mol. The number of methoxy groups -OCH3 is 2. The Morgan fingerprint density at radius 3 is 2.05 bits per heavy atom. The van der Waals surface area contributed by atoms with Crippen molar-refractivity contribution in [2.24, 2.45) is 0 Å². The van der Waals surface area contributed by atoms with Gasteiger partial charge in [0.2, 0.25) is 0 Å². The van der Waals surface area contributed by atoms with E-state index < -0.39 is 20.8 Å². The molecule has 0 saturated heterocycles. The van der Waals surface area contributed by atoms with Crippen LogP contribution < -0.4 is 9.47 Å². The van der Waals surface area contributed by atoms with Crippen LogP contribution in [0.3, 0.4) is 0 Å². The van der Waals surface area contributed by atoms with E-state index in [0.717, 1.165) is 6.42 Å². The Hall–Kier alpha value is -1.47. The molecule has 0 heterocycles. The molecule has 20 heavy (non-hydrogen) atoms. The molecule has 1 aromatic carbocycles. The van der Waals surface area contributed by atoms with Gasteiger partial charge in [0.1, 0.15) is 10.6 Å². The molecule has 6 nitrogen and oxygen atoms in total. The highest BCUT2D eigenvalue weighted by Crippen LogP contribution is 2.48.